The fourth-order valence-electron chi connectivity index (χ4n) is 2.09. The number of hydrogen-bond donors (Lipinski definition) is 2. The summed E-state index contributed by atoms with van der Waals surface area (Å²) >= 11 is 5.95. The van der Waals surface area contributed by atoms with Gasteiger partial charge >= 0.3 is 0 Å². The molecule has 1 amide bonds. The van der Waals surface area contributed by atoms with Gasteiger partial charge in [0, 0.05) is 17.7 Å². The molecule has 22 heavy (non-hydrogen) atoms. The Morgan fingerprint density at radius 2 is 2.23 bits per heavy atom. The summed E-state index contributed by atoms with van der Waals surface area (Å²) in [7, 11) is 0. The van der Waals surface area contributed by atoms with Crippen LogP contribution in [0.25, 0.3) is 5.69 Å². The number of benzene rings is 1. The molecule has 1 unspecified atom stereocenters. The van der Waals surface area contributed by atoms with Crippen molar-refractivity contribution < 1.29 is 9.90 Å². The summed E-state index contributed by atoms with van der Waals surface area (Å²) in [6, 6.07) is 7.02. The monoisotopic (exact) mass is 322 g/mol. The molecule has 0 aliphatic carbocycles. The predicted octanol–water partition coefficient (Wildman–Crippen LogP) is 2.12. The number of amides is 1. The molecule has 0 radical (unpaired) electrons. The van der Waals surface area contributed by atoms with Gasteiger partial charge in [0.2, 0.25) is 0 Å². The Kier molecular flexibility index (Phi) is 5.51. The number of nitrogens with zero attached hydrogens (tertiary/aromatic N) is 3. The zero-order chi connectivity index (χ0) is 16.1. The molecular formula is C15H19ClN4O2. The maximum Gasteiger partial charge on any atom is 0.273 e. The van der Waals surface area contributed by atoms with Crippen LogP contribution < -0.4 is 5.32 Å². The Balaban J connectivity index is 2.20. The van der Waals surface area contributed by atoms with Crippen molar-refractivity contribution in [2.75, 3.05) is 6.61 Å². The number of hydrogen-bond acceptors (Lipinski definition) is 4. The minimum atomic E-state index is -0.286. The molecule has 0 spiro atoms. The quantitative estimate of drug-likeness (QED) is 0.853. The first kappa shape index (κ1) is 16.5. The Hall–Kier alpha value is -1.92. The van der Waals surface area contributed by atoms with Crippen molar-refractivity contribution in [3.05, 3.63) is 40.7 Å². The number of aliphatic hydroxyl groups is 1. The van der Waals surface area contributed by atoms with Crippen molar-refractivity contribution in [2.45, 2.75) is 32.7 Å². The molecule has 1 aromatic carbocycles. The fourth-order valence-corrected chi connectivity index (χ4v) is 2.28. The van der Waals surface area contributed by atoms with Crippen molar-refractivity contribution in [1.82, 2.24) is 20.3 Å². The first-order valence-electron chi connectivity index (χ1n) is 7.16. The number of halogens is 1. The van der Waals surface area contributed by atoms with E-state index in [1.165, 1.54) is 4.80 Å². The fraction of sp³-hybridized carbons (Fsp3) is 0.400. The molecule has 1 aromatic heterocycles. The van der Waals surface area contributed by atoms with Gasteiger partial charge in [0.1, 0.15) is 0 Å². The zero-order valence-electron chi connectivity index (χ0n) is 12.6. The average molecular weight is 323 g/mol. The molecule has 1 heterocycles. The highest BCUT2D eigenvalue weighted by atomic mass is 35.5. The van der Waals surface area contributed by atoms with E-state index in [2.05, 4.69) is 15.5 Å². The van der Waals surface area contributed by atoms with Crippen LogP contribution in [0.3, 0.4) is 0 Å². The van der Waals surface area contributed by atoms with E-state index in [0.717, 1.165) is 6.42 Å². The smallest absolute Gasteiger partial charge is 0.273 e. The molecule has 0 fully saturated rings. The van der Waals surface area contributed by atoms with E-state index in [4.69, 9.17) is 16.7 Å². The highest BCUT2D eigenvalue weighted by molar-refractivity contribution is 6.30. The molecule has 0 saturated carbocycles. The van der Waals surface area contributed by atoms with Crippen molar-refractivity contribution >= 4 is 17.5 Å². The highest BCUT2D eigenvalue weighted by Crippen LogP contribution is 2.14. The summed E-state index contributed by atoms with van der Waals surface area (Å²) in [5.41, 5.74) is 1.50. The molecular weight excluding hydrogens is 304 g/mol. The van der Waals surface area contributed by atoms with Gasteiger partial charge in [-0.05, 0) is 38.0 Å². The topological polar surface area (TPSA) is 80.0 Å². The third-order valence-electron chi connectivity index (χ3n) is 3.34. The van der Waals surface area contributed by atoms with Gasteiger partial charge in [-0.25, -0.2) is 0 Å². The van der Waals surface area contributed by atoms with Gasteiger partial charge in [-0.2, -0.15) is 9.90 Å². The number of nitrogens with one attached hydrogen (secondary N) is 1. The van der Waals surface area contributed by atoms with Crippen molar-refractivity contribution in [1.29, 1.82) is 0 Å². The molecule has 0 aliphatic rings. The maximum absolute atomic E-state index is 12.3. The van der Waals surface area contributed by atoms with Gasteiger partial charge in [-0.15, -0.1) is 5.10 Å². The Morgan fingerprint density at radius 1 is 1.45 bits per heavy atom. The summed E-state index contributed by atoms with van der Waals surface area (Å²) in [6.07, 6.45) is 1.26. The summed E-state index contributed by atoms with van der Waals surface area (Å²) in [4.78, 5) is 13.7. The first-order valence-corrected chi connectivity index (χ1v) is 7.54. The lowest BCUT2D eigenvalue weighted by Crippen LogP contribution is -2.35. The molecule has 2 rings (SSSR count). The number of aromatic nitrogens is 3. The average Bonchev–Trinajstić information content (AvgIpc) is 2.89. The number of rotatable bonds is 6. The normalized spacial score (nSPS) is 12.2. The van der Waals surface area contributed by atoms with Gasteiger partial charge in [0.15, 0.2) is 5.69 Å². The van der Waals surface area contributed by atoms with Gasteiger partial charge < -0.3 is 10.4 Å². The van der Waals surface area contributed by atoms with Gasteiger partial charge in [-0.1, -0.05) is 24.6 Å². The molecule has 1 atom stereocenters. The van der Waals surface area contributed by atoms with Crippen LogP contribution in [0.15, 0.2) is 24.3 Å². The number of carbonyl (C=O) groups excluding carboxylic acids is 1. The molecule has 6 nitrogen and oxygen atoms in total. The molecule has 0 bridgehead atoms. The Bertz CT molecular complexity index is 657. The number of aryl methyl sites for hydroxylation is 1. The van der Waals surface area contributed by atoms with Crippen LogP contribution in [0.4, 0.5) is 0 Å². The summed E-state index contributed by atoms with van der Waals surface area (Å²) in [5.74, 6) is -0.286. The van der Waals surface area contributed by atoms with Crippen LogP contribution in [0, 0.1) is 6.92 Å². The largest absolute Gasteiger partial charge is 0.396 e. The summed E-state index contributed by atoms with van der Waals surface area (Å²) in [6.45, 7) is 3.72. The van der Waals surface area contributed by atoms with Crippen LogP contribution in [-0.4, -0.2) is 38.7 Å². The number of aliphatic hydroxyl groups excluding tert-OH is 1. The Labute approximate surface area is 134 Å². The Morgan fingerprint density at radius 3 is 2.86 bits per heavy atom. The third kappa shape index (κ3) is 3.84. The predicted molar refractivity (Wildman–Crippen MR) is 84.4 cm³/mol. The molecule has 0 saturated heterocycles. The van der Waals surface area contributed by atoms with Crippen LogP contribution in [0.5, 0.6) is 0 Å². The second kappa shape index (κ2) is 7.38. The van der Waals surface area contributed by atoms with Crippen molar-refractivity contribution in [3.8, 4) is 5.69 Å². The summed E-state index contributed by atoms with van der Waals surface area (Å²) < 4.78 is 0. The molecule has 0 aliphatic heterocycles. The first-order chi connectivity index (χ1) is 10.5. The second-order valence-electron chi connectivity index (χ2n) is 4.99. The summed E-state index contributed by atoms with van der Waals surface area (Å²) in [5, 5.41) is 20.9. The lowest BCUT2D eigenvalue weighted by Gasteiger charge is -2.14. The lowest BCUT2D eigenvalue weighted by atomic mass is 10.1. The van der Waals surface area contributed by atoms with Crippen LogP contribution >= 0.6 is 11.6 Å². The minimum absolute atomic E-state index is 0.0347. The molecule has 2 aromatic rings. The van der Waals surface area contributed by atoms with E-state index in [-0.39, 0.29) is 24.2 Å². The van der Waals surface area contributed by atoms with E-state index >= 15 is 0 Å². The second-order valence-corrected chi connectivity index (χ2v) is 5.43. The maximum atomic E-state index is 12.3. The number of carbonyl (C=O) groups is 1. The van der Waals surface area contributed by atoms with E-state index < -0.39 is 0 Å². The van der Waals surface area contributed by atoms with Crippen LogP contribution in [-0.2, 0) is 0 Å². The van der Waals surface area contributed by atoms with Crippen LogP contribution in [0.2, 0.25) is 5.02 Å². The zero-order valence-corrected chi connectivity index (χ0v) is 13.3. The van der Waals surface area contributed by atoms with Gasteiger partial charge in [0.25, 0.3) is 5.91 Å². The molecule has 2 N–H and O–H groups in total. The third-order valence-corrected chi connectivity index (χ3v) is 3.58. The van der Waals surface area contributed by atoms with Crippen LogP contribution in [0.1, 0.15) is 35.9 Å². The van der Waals surface area contributed by atoms with Crippen molar-refractivity contribution in [3.63, 3.8) is 0 Å². The van der Waals surface area contributed by atoms with E-state index in [1.54, 1.807) is 25.1 Å². The van der Waals surface area contributed by atoms with Crippen molar-refractivity contribution in [2.24, 2.45) is 0 Å². The van der Waals surface area contributed by atoms with E-state index in [1.807, 2.05) is 13.0 Å². The molecule has 118 valence electrons. The lowest BCUT2D eigenvalue weighted by molar-refractivity contribution is 0.0923. The standard InChI is InChI=1S/C15H19ClN4O2/c1-3-12(7-8-21)17-15(22)14-10(2)18-20(19-14)13-6-4-5-11(16)9-13/h4-6,9,12,21H,3,7-8H2,1-2H3,(H,17,22). The van der Waals surface area contributed by atoms with E-state index in [0.29, 0.717) is 22.8 Å². The van der Waals surface area contributed by atoms with Gasteiger partial charge in [-0.3, -0.25) is 4.79 Å². The molecule has 7 heteroatoms. The highest BCUT2D eigenvalue weighted by Gasteiger charge is 2.19. The SMILES string of the molecule is CCC(CCO)NC(=O)c1nn(-c2cccc(Cl)c2)nc1C. The van der Waals surface area contributed by atoms with E-state index in [9.17, 15) is 4.79 Å². The minimum Gasteiger partial charge on any atom is -0.396 e. The van der Waals surface area contributed by atoms with Gasteiger partial charge in [0.05, 0.1) is 11.4 Å².